The highest BCUT2D eigenvalue weighted by Gasteiger charge is 2.41. The van der Waals surface area contributed by atoms with Crippen molar-refractivity contribution in [2.24, 2.45) is 0 Å². The summed E-state index contributed by atoms with van der Waals surface area (Å²) in [5.41, 5.74) is 1.76. The second-order valence-corrected chi connectivity index (χ2v) is 7.67. The quantitative estimate of drug-likeness (QED) is 0.873. The summed E-state index contributed by atoms with van der Waals surface area (Å²) in [6.07, 6.45) is 6.12. The van der Waals surface area contributed by atoms with Crippen LogP contribution >= 0.6 is 0 Å². The highest BCUT2D eigenvalue weighted by Crippen LogP contribution is 2.39. The Kier molecular flexibility index (Phi) is 5.02. The average Bonchev–Trinajstić information content (AvgIpc) is 3.21. The molecule has 8 heteroatoms. The second-order valence-electron chi connectivity index (χ2n) is 7.67. The van der Waals surface area contributed by atoms with Gasteiger partial charge < -0.3 is 15.1 Å². The topological polar surface area (TPSA) is 83.4 Å². The van der Waals surface area contributed by atoms with E-state index in [2.05, 4.69) is 15.4 Å². The number of piperidine rings is 1. The third-order valence-corrected chi connectivity index (χ3v) is 5.75. The van der Waals surface area contributed by atoms with E-state index in [0.717, 1.165) is 30.6 Å². The lowest BCUT2D eigenvalue weighted by atomic mass is 9.84. The molecule has 1 fully saturated rings. The lowest BCUT2D eigenvalue weighted by Gasteiger charge is -2.49. The van der Waals surface area contributed by atoms with Gasteiger partial charge in [0.25, 0.3) is 0 Å². The van der Waals surface area contributed by atoms with E-state index in [1.54, 1.807) is 17.9 Å². The number of para-hydroxylation sites is 2. The van der Waals surface area contributed by atoms with E-state index in [1.165, 1.54) is 6.33 Å². The molecule has 148 valence electrons. The molecule has 1 saturated heterocycles. The number of fused-ring (bicyclic) bond motifs is 1. The number of hydrogen-bond donors (Lipinski definition) is 1. The number of nitrogens with one attached hydrogen (secondary N) is 1. The van der Waals surface area contributed by atoms with Crippen LogP contribution in [0.3, 0.4) is 0 Å². The Morgan fingerprint density at radius 3 is 2.71 bits per heavy atom. The maximum atomic E-state index is 12.6. The summed E-state index contributed by atoms with van der Waals surface area (Å²) in [6, 6.07) is 7.93. The lowest BCUT2D eigenvalue weighted by Crippen LogP contribution is -2.59. The molecule has 0 bridgehead atoms. The van der Waals surface area contributed by atoms with Gasteiger partial charge in [-0.2, -0.15) is 5.10 Å². The minimum Gasteiger partial charge on any atom is -0.376 e. The van der Waals surface area contributed by atoms with E-state index in [1.807, 2.05) is 34.1 Å². The number of carbonyl (C=O) groups is 2. The number of anilines is 2. The molecule has 8 nitrogen and oxygen atoms in total. The number of hydrogen-bond acceptors (Lipinski definition) is 5. The molecule has 0 saturated carbocycles. The van der Waals surface area contributed by atoms with Gasteiger partial charge in [-0.1, -0.05) is 12.1 Å². The van der Waals surface area contributed by atoms with Crippen molar-refractivity contribution < 1.29 is 9.59 Å². The molecule has 4 rings (SSSR count). The molecule has 2 amide bonds. The zero-order valence-corrected chi connectivity index (χ0v) is 16.2. The number of benzene rings is 1. The number of rotatable bonds is 4. The summed E-state index contributed by atoms with van der Waals surface area (Å²) >= 11 is 0. The summed E-state index contributed by atoms with van der Waals surface area (Å²) in [5, 5.41) is 7.73. The highest BCUT2D eigenvalue weighted by atomic mass is 16.2. The minimum atomic E-state index is -0.169. The van der Waals surface area contributed by atoms with Crippen molar-refractivity contribution in [1.29, 1.82) is 0 Å². The molecule has 1 N–H and O–H groups in total. The summed E-state index contributed by atoms with van der Waals surface area (Å²) in [5.74, 6) is 0.245. The van der Waals surface area contributed by atoms with E-state index >= 15 is 0 Å². The van der Waals surface area contributed by atoms with Gasteiger partial charge in [0.1, 0.15) is 12.7 Å². The molecule has 0 atom stereocenters. The van der Waals surface area contributed by atoms with Gasteiger partial charge in [0, 0.05) is 39.5 Å². The van der Waals surface area contributed by atoms with Gasteiger partial charge in [0.15, 0.2) is 0 Å². The summed E-state index contributed by atoms with van der Waals surface area (Å²) in [7, 11) is 0. The first-order chi connectivity index (χ1) is 13.6. The van der Waals surface area contributed by atoms with Crippen molar-refractivity contribution in [3.05, 3.63) is 36.9 Å². The van der Waals surface area contributed by atoms with Crippen LogP contribution < -0.4 is 10.2 Å². The van der Waals surface area contributed by atoms with E-state index in [0.29, 0.717) is 32.6 Å². The molecule has 3 heterocycles. The zero-order valence-electron chi connectivity index (χ0n) is 16.2. The van der Waals surface area contributed by atoms with Gasteiger partial charge in [0.05, 0.1) is 16.9 Å². The number of likely N-dealkylation sites (tertiary alicyclic amines) is 1. The van der Waals surface area contributed by atoms with Crippen molar-refractivity contribution >= 4 is 23.2 Å². The molecular formula is C20H26N6O2. The normalized spacial score (nSPS) is 17.9. The van der Waals surface area contributed by atoms with Crippen LogP contribution in [-0.4, -0.2) is 56.7 Å². The Morgan fingerprint density at radius 1 is 1.21 bits per heavy atom. The molecular weight excluding hydrogens is 356 g/mol. The van der Waals surface area contributed by atoms with Gasteiger partial charge in [-0.3, -0.25) is 14.3 Å². The van der Waals surface area contributed by atoms with Crippen LogP contribution in [0.5, 0.6) is 0 Å². The van der Waals surface area contributed by atoms with E-state index in [-0.39, 0.29) is 17.4 Å². The first-order valence-electron chi connectivity index (χ1n) is 9.82. The first-order valence-corrected chi connectivity index (χ1v) is 9.82. The van der Waals surface area contributed by atoms with E-state index in [9.17, 15) is 9.59 Å². The molecule has 28 heavy (non-hydrogen) atoms. The zero-order chi connectivity index (χ0) is 19.6. The van der Waals surface area contributed by atoms with Gasteiger partial charge in [-0.15, -0.1) is 0 Å². The smallest absolute Gasteiger partial charge is 0.224 e. The van der Waals surface area contributed by atoms with Crippen molar-refractivity contribution in [1.82, 2.24) is 19.7 Å². The molecule has 1 spiro atoms. The molecule has 0 aliphatic carbocycles. The largest absolute Gasteiger partial charge is 0.376 e. The summed E-state index contributed by atoms with van der Waals surface area (Å²) < 4.78 is 1.75. The van der Waals surface area contributed by atoms with Gasteiger partial charge in [-0.05, 0) is 31.4 Å². The third kappa shape index (κ3) is 3.72. The van der Waals surface area contributed by atoms with Crippen molar-refractivity contribution in [3.63, 3.8) is 0 Å². The van der Waals surface area contributed by atoms with Gasteiger partial charge >= 0.3 is 0 Å². The van der Waals surface area contributed by atoms with Crippen molar-refractivity contribution in [2.45, 2.75) is 44.7 Å². The van der Waals surface area contributed by atoms with Gasteiger partial charge in [0.2, 0.25) is 11.8 Å². The Hall–Kier alpha value is -2.90. The van der Waals surface area contributed by atoms with Crippen LogP contribution in [0.15, 0.2) is 36.9 Å². The Labute approximate surface area is 164 Å². The summed E-state index contributed by atoms with van der Waals surface area (Å²) in [4.78, 5) is 32.5. The number of carbonyl (C=O) groups excluding carboxylic acids is 2. The molecule has 0 unspecified atom stereocenters. The predicted molar refractivity (Wildman–Crippen MR) is 106 cm³/mol. The number of aromatic nitrogens is 3. The molecule has 2 aromatic rings. The molecule has 2 aliphatic heterocycles. The minimum absolute atomic E-state index is 0.0555. The van der Waals surface area contributed by atoms with Crippen molar-refractivity contribution in [2.75, 3.05) is 29.9 Å². The first kappa shape index (κ1) is 18.5. The number of amides is 2. The Bertz CT molecular complexity index is 842. The predicted octanol–water partition coefficient (Wildman–Crippen LogP) is 1.90. The Balaban J connectivity index is 1.35. The van der Waals surface area contributed by atoms with Crippen LogP contribution in [0, 0.1) is 0 Å². The van der Waals surface area contributed by atoms with E-state index in [4.69, 9.17) is 0 Å². The lowest BCUT2D eigenvalue weighted by molar-refractivity contribution is -0.132. The van der Waals surface area contributed by atoms with Gasteiger partial charge in [-0.25, -0.2) is 4.98 Å². The van der Waals surface area contributed by atoms with Crippen LogP contribution in [0.4, 0.5) is 11.4 Å². The van der Waals surface area contributed by atoms with Crippen molar-refractivity contribution in [3.8, 4) is 0 Å². The Morgan fingerprint density at radius 2 is 2.00 bits per heavy atom. The average molecular weight is 382 g/mol. The fourth-order valence-electron chi connectivity index (χ4n) is 4.17. The monoisotopic (exact) mass is 382 g/mol. The van der Waals surface area contributed by atoms with Crippen LogP contribution in [0.2, 0.25) is 0 Å². The maximum absolute atomic E-state index is 12.6. The summed E-state index contributed by atoms with van der Waals surface area (Å²) in [6.45, 7) is 4.39. The molecule has 0 radical (unpaired) electrons. The molecule has 1 aromatic carbocycles. The number of aryl methyl sites for hydroxylation is 1. The van der Waals surface area contributed by atoms with Crippen LogP contribution in [0.25, 0.3) is 0 Å². The van der Waals surface area contributed by atoms with Crippen LogP contribution in [0.1, 0.15) is 32.6 Å². The third-order valence-electron chi connectivity index (χ3n) is 5.75. The fraction of sp³-hybridized carbons (Fsp3) is 0.500. The van der Waals surface area contributed by atoms with E-state index < -0.39 is 0 Å². The SMILES string of the molecule is CC(=O)N1CC2(CCN(C(=O)CCCn3cncn3)CC2)Nc2ccccc21. The standard InChI is InChI=1S/C20H26N6O2/c1-16(27)26-13-20(23-17-5-2-3-6-18(17)26)8-11-24(12-9-20)19(28)7-4-10-25-15-21-14-22-25/h2-3,5-6,14-15,23H,4,7-13H2,1H3. The maximum Gasteiger partial charge on any atom is 0.224 e. The molecule has 1 aromatic heterocycles. The van der Waals surface area contributed by atoms with Crippen LogP contribution in [-0.2, 0) is 16.1 Å². The molecule has 2 aliphatic rings. The second kappa shape index (κ2) is 7.61. The highest BCUT2D eigenvalue weighted by molar-refractivity contribution is 5.96. The fourth-order valence-corrected chi connectivity index (χ4v) is 4.17. The number of nitrogens with zero attached hydrogens (tertiary/aromatic N) is 5.